The SMILES string of the molecule is CC(C)c1ccc([C@@H]2Oc3ccccc3C3=C2[C@@H](c2cccnc2)n2ncnc2N3)cc1. The van der Waals surface area contributed by atoms with E-state index in [1.165, 1.54) is 5.56 Å². The van der Waals surface area contributed by atoms with Crippen LogP contribution in [0.15, 0.2) is 85.0 Å². The largest absolute Gasteiger partial charge is 0.480 e. The van der Waals surface area contributed by atoms with E-state index in [9.17, 15) is 0 Å². The minimum Gasteiger partial charge on any atom is -0.480 e. The van der Waals surface area contributed by atoms with E-state index in [2.05, 4.69) is 70.6 Å². The van der Waals surface area contributed by atoms with Crippen LogP contribution < -0.4 is 10.1 Å². The molecule has 2 aromatic carbocycles. The Morgan fingerprint density at radius 1 is 0.969 bits per heavy atom. The number of hydrogen-bond donors (Lipinski definition) is 1. The Labute approximate surface area is 186 Å². The molecule has 2 atom stereocenters. The molecule has 2 aromatic heterocycles. The summed E-state index contributed by atoms with van der Waals surface area (Å²) in [4.78, 5) is 8.85. The number of ether oxygens (including phenoxy) is 1. The van der Waals surface area contributed by atoms with Crippen molar-refractivity contribution in [2.24, 2.45) is 0 Å². The van der Waals surface area contributed by atoms with Gasteiger partial charge in [0.05, 0.1) is 5.70 Å². The van der Waals surface area contributed by atoms with Gasteiger partial charge in [0, 0.05) is 23.5 Å². The summed E-state index contributed by atoms with van der Waals surface area (Å²) >= 11 is 0. The molecule has 158 valence electrons. The molecule has 2 aliphatic heterocycles. The van der Waals surface area contributed by atoms with Gasteiger partial charge in [-0.05, 0) is 40.8 Å². The monoisotopic (exact) mass is 421 g/mol. The lowest BCUT2D eigenvalue weighted by Crippen LogP contribution is -2.32. The van der Waals surface area contributed by atoms with Crippen LogP contribution in [0.4, 0.5) is 5.95 Å². The fourth-order valence-electron chi connectivity index (χ4n) is 4.61. The first kappa shape index (κ1) is 18.8. The second kappa shape index (κ2) is 7.34. The highest BCUT2D eigenvalue weighted by atomic mass is 16.5. The number of para-hydroxylation sites is 1. The van der Waals surface area contributed by atoms with Crippen molar-refractivity contribution in [3.05, 3.63) is 107 Å². The molecular weight excluding hydrogens is 398 g/mol. The predicted molar refractivity (Wildman–Crippen MR) is 123 cm³/mol. The Hall–Kier alpha value is -3.93. The molecule has 32 heavy (non-hydrogen) atoms. The van der Waals surface area contributed by atoms with Gasteiger partial charge in [-0.15, -0.1) is 0 Å². The van der Waals surface area contributed by atoms with Crippen LogP contribution in [0.3, 0.4) is 0 Å². The average Bonchev–Trinajstić information content (AvgIpc) is 3.31. The number of hydrogen-bond acceptors (Lipinski definition) is 5. The maximum absolute atomic E-state index is 6.65. The number of pyridine rings is 1. The molecule has 0 fully saturated rings. The first-order valence-corrected chi connectivity index (χ1v) is 10.9. The fraction of sp³-hybridized carbons (Fsp3) is 0.192. The lowest BCUT2D eigenvalue weighted by molar-refractivity contribution is 0.223. The van der Waals surface area contributed by atoms with Crippen LogP contribution in [0.25, 0.3) is 5.70 Å². The Balaban J connectivity index is 1.58. The Kier molecular flexibility index (Phi) is 4.31. The number of benzene rings is 2. The molecule has 4 heterocycles. The van der Waals surface area contributed by atoms with Crippen LogP contribution in [0.1, 0.15) is 54.2 Å². The number of anilines is 1. The third kappa shape index (κ3) is 2.91. The summed E-state index contributed by atoms with van der Waals surface area (Å²) in [6.07, 6.45) is 5.00. The minimum absolute atomic E-state index is 0.180. The van der Waals surface area contributed by atoms with Gasteiger partial charge in [0.1, 0.15) is 24.2 Å². The molecule has 0 bridgehead atoms. The topological polar surface area (TPSA) is 64.9 Å². The summed E-state index contributed by atoms with van der Waals surface area (Å²) in [6.45, 7) is 4.41. The standard InChI is InChI=1S/C26H23N5O/c1-16(2)17-9-11-18(12-10-17)25-22-23(20-7-3-4-8-21(20)32-25)30-26-28-15-29-31(26)24(22)19-6-5-13-27-14-19/h3-16,24-25H,1-2H3,(H,28,29,30)/t24-,25+/m1/s1. The second-order valence-electron chi connectivity index (χ2n) is 8.49. The molecular formula is C26H23N5O. The van der Waals surface area contributed by atoms with Gasteiger partial charge in [0.25, 0.3) is 0 Å². The van der Waals surface area contributed by atoms with Crippen LogP contribution in [0.2, 0.25) is 0 Å². The molecule has 6 heteroatoms. The van der Waals surface area contributed by atoms with E-state index in [0.717, 1.165) is 33.7 Å². The molecule has 0 aliphatic carbocycles. The van der Waals surface area contributed by atoms with Crippen molar-refractivity contribution in [1.82, 2.24) is 19.7 Å². The van der Waals surface area contributed by atoms with Crippen molar-refractivity contribution in [3.63, 3.8) is 0 Å². The summed E-state index contributed by atoms with van der Waals surface area (Å²) < 4.78 is 8.57. The minimum atomic E-state index is -0.267. The van der Waals surface area contributed by atoms with Crippen molar-refractivity contribution >= 4 is 11.6 Å². The van der Waals surface area contributed by atoms with E-state index in [-0.39, 0.29) is 12.1 Å². The summed E-state index contributed by atoms with van der Waals surface area (Å²) in [5, 5.41) is 8.09. The normalized spacial score (nSPS) is 19.0. The molecule has 6 rings (SSSR count). The van der Waals surface area contributed by atoms with Crippen molar-refractivity contribution in [2.75, 3.05) is 5.32 Å². The van der Waals surface area contributed by atoms with Gasteiger partial charge in [-0.3, -0.25) is 4.98 Å². The molecule has 6 nitrogen and oxygen atoms in total. The van der Waals surface area contributed by atoms with Crippen LogP contribution in [-0.2, 0) is 0 Å². The predicted octanol–water partition coefficient (Wildman–Crippen LogP) is 5.36. The average molecular weight is 422 g/mol. The van der Waals surface area contributed by atoms with E-state index < -0.39 is 0 Å². The highest BCUT2D eigenvalue weighted by Gasteiger charge is 2.40. The Bertz CT molecular complexity index is 1310. The lowest BCUT2D eigenvalue weighted by atomic mass is 9.84. The summed E-state index contributed by atoms with van der Waals surface area (Å²) in [5.74, 6) is 2.04. The summed E-state index contributed by atoms with van der Waals surface area (Å²) in [7, 11) is 0. The van der Waals surface area contributed by atoms with Crippen LogP contribution in [0.5, 0.6) is 5.75 Å². The van der Waals surface area contributed by atoms with Crippen molar-refractivity contribution in [3.8, 4) is 5.75 Å². The van der Waals surface area contributed by atoms with Gasteiger partial charge in [0.2, 0.25) is 5.95 Å². The second-order valence-corrected chi connectivity index (χ2v) is 8.49. The van der Waals surface area contributed by atoms with E-state index in [0.29, 0.717) is 11.9 Å². The van der Waals surface area contributed by atoms with Gasteiger partial charge in [0.15, 0.2) is 0 Å². The number of nitrogens with zero attached hydrogens (tertiary/aromatic N) is 4. The third-order valence-corrected chi connectivity index (χ3v) is 6.23. The Morgan fingerprint density at radius 3 is 2.59 bits per heavy atom. The first-order valence-electron chi connectivity index (χ1n) is 10.9. The molecule has 0 amide bonds. The first-order chi connectivity index (χ1) is 15.7. The van der Waals surface area contributed by atoms with Gasteiger partial charge >= 0.3 is 0 Å². The van der Waals surface area contributed by atoms with Crippen molar-refractivity contribution < 1.29 is 4.74 Å². The highest BCUT2D eigenvalue weighted by molar-refractivity contribution is 5.85. The number of fused-ring (bicyclic) bond motifs is 3. The highest BCUT2D eigenvalue weighted by Crippen LogP contribution is 2.50. The third-order valence-electron chi connectivity index (χ3n) is 6.23. The molecule has 1 N–H and O–H groups in total. The number of rotatable bonds is 3. The smallest absolute Gasteiger partial charge is 0.226 e. The molecule has 0 spiro atoms. The van der Waals surface area contributed by atoms with E-state index in [1.54, 1.807) is 12.5 Å². The maximum atomic E-state index is 6.65. The molecule has 0 unspecified atom stereocenters. The molecule has 0 saturated carbocycles. The van der Waals surface area contributed by atoms with E-state index >= 15 is 0 Å². The molecule has 0 radical (unpaired) electrons. The molecule has 4 aromatic rings. The number of nitrogens with one attached hydrogen (secondary N) is 1. The molecule has 0 saturated heterocycles. The number of aromatic nitrogens is 4. The van der Waals surface area contributed by atoms with Gasteiger partial charge in [-0.2, -0.15) is 10.1 Å². The van der Waals surface area contributed by atoms with Gasteiger partial charge in [-0.25, -0.2) is 4.68 Å². The van der Waals surface area contributed by atoms with Crippen LogP contribution >= 0.6 is 0 Å². The quantitative estimate of drug-likeness (QED) is 0.483. The van der Waals surface area contributed by atoms with Gasteiger partial charge < -0.3 is 10.1 Å². The van der Waals surface area contributed by atoms with Crippen LogP contribution in [0, 0.1) is 0 Å². The maximum Gasteiger partial charge on any atom is 0.226 e. The van der Waals surface area contributed by atoms with Crippen molar-refractivity contribution in [2.45, 2.75) is 31.9 Å². The van der Waals surface area contributed by atoms with E-state index in [1.807, 2.05) is 35.1 Å². The van der Waals surface area contributed by atoms with E-state index in [4.69, 9.17) is 4.74 Å². The zero-order chi connectivity index (χ0) is 21.7. The van der Waals surface area contributed by atoms with Gasteiger partial charge in [-0.1, -0.05) is 56.3 Å². The van der Waals surface area contributed by atoms with Crippen LogP contribution in [-0.4, -0.2) is 19.7 Å². The van der Waals surface area contributed by atoms with Crippen molar-refractivity contribution in [1.29, 1.82) is 0 Å². The lowest BCUT2D eigenvalue weighted by Gasteiger charge is -2.38. The zero-order valence-electron chi connectivity index (χ0n) is 17.9. The Morgan fingerprint density at radius 2 is 1.81 bits per heavy atom. The summed E-state index contributed by atoms with van der Waals surface area (Å²) in [6, 6.07) is 20.7. The molecule has 2 aliphatic rings. The fourth-order valence-corrected chi connectivity index (χ4v) is 4.61. The zero-order valence-corrected chi connectivity index (χ0v) is 17.9. The summed E-state index contributed by atoms with van der Waals surface area (Å²) in [5.41, 5.74) is 6.62.